The Kier molecular flexibility index (Phi) is 21.1. The molecule has 0 aromatic carbocycles. The lowest BCUT2D eigenvalue weighted by Gasteiger charge is -2.16. The van der Waals surface area contributed by atoms with Gasteiger partial charge in [0.2, 0.25) is 0 Å². The number of hydrogen-bond donors (Lipinski definition) is 2. The summed E-state index contributed by atoms with van der Waals surface area (Å²) in [5.74, 6) is 0. The lowest BCUT2D eigenvalue weighted by atomic mass is 10.0. The fourth-order valence-corrected chi connectivity index (χ4v) is 3.87. The van der Waals surface area contributed by atoms with Crippen molar-refractivity contribution in [1.29, 1.82) is 0 Å². The number of rotatable bonds is 24. The molecule has 0 fully saturated rings. The number of carbonyl (C=O) groups is 1. The Morgan fingerprint density at radius 2 is 1.19 bits per heavy atom. The quantitative estimate of drug-likeness (QED) is 0.115. The van der Waals surface area contributed by atoms with Gasteiger partial charge >= 0.3 is 13.3 Å². The molecule has 0 bridgehead atoms. The Morgan fingerprint density at radius 3 is 1.58 bits per heavy atom. The normalized spacial score (nSPS) is 14.4. The second-order valence-corrected chi connectivity index (χ2v) is 10.0. The molecule has 0 aromatic heterocycles. The van der Waals surface area contributed by atoms with Crippen molar-refractivity contribution in [3.8, 4) is 0 Å². The highest BCUT2D eigenvalue weighted by Crippen LogP contribution is 2.42. The maximum atomic E-state index is 11.2. The van der Waals surface area contributed by atoms with Gasteiger partial charge in [0, 0.05) is 13.7 Å². The molecule has 31 heavy (non-hydrogen) atoms. The third-order valence-electron chi connectivity index (χ3n) is 5.46. The minimum absolute atomic E-state index is 0.203. The van der Waals surface area contributed by atoms with E-state index in [1.54, 1.807) is 0 Å². The molecular formula is C23H47O7P. The van der Waals surface area contributed by atoms with Gasteiger partial charge in [-0.15, -0.1) is 0 Å². The van der Waals surface area contributed by atoms with E-state index >= 15 is 0 Å². The summed E-state index contributed by atoms with van der Waals surface area (Å²) in [4.78, 5) is 19.6. The van der Waals surface area contributed by atoms with Crippen LogP contribution in [0, 0.1) is 0 Å². The zero-order valence-corrected chi connectivity index (χ0v) is 20.8. The van der Waals surface area contributed by atoms with Gasteiger partial charge in [0.05, 0.1) is 13.2 Å². The van der Waals surface area contributed by atoms with Gasteiger partial charge in [-0.05, 0) is 6.42 Å². The molecule has 0 spiro atoms. The van der Waals surface area contributed by atoms with Crippen LogP contribution >= 0.6 is 7.60 Å². The summed E-state index contributed by atoms with van der Waals surface area (Å²) in [6, 6.07) is 0. The number of carboxylic acid groups (broad SMARTS) is 1. The lowest BCUT2D eigenvalue weighted by molar-refractivity contribution is -0.0167. The van der Waals surface area contributed by atoms with Crippen LogP contribution < -0.4 is 0 Å². The fourth-order valence-electron chi connectivity index (χ4n) is 3.39. The molecule has 2 atom stereocenters. The first-order valence-corrected chi connectivity index (χ1v) is 13.8. The molecule has 0 saturated carbocycles. The Bertz CT molecular complexity index is 459. The summed E-state index contributed by atoms with van der Waals surface area (Å²) in [5, 5.41) is 8.56. The molecule has 0 aliphatic heterocycles. The summed E-state index contributed by atoms with van der Waals surface area (Å²) in [6.45, 7) is 2.76. The van der Waals surface area contributed by atoms with Crippen molar-refractivity contribution in [2.24, 2.45) is 0 Å². The Morgan fingerprint density at radius 1 is 0.774 bits per heavy atom. The molecule has 0 rings (SSSR count). The van der Waals surface area contributed by atoms with Gasteiger partial charge in [0.1, 0.15) is 6.10 Å². The number of ether oxygens (including phenoxy) is 2. The molecule has 0 heterocycles. The van der Waals surface area contributed by atoms with Crippen molar-refractivity contribution in [3.63, 3.8) is 0 Å². The molecule has 8 heteroatoms. The molecule has 0 aromatic rings. The first-order chi connectivity index (χ1) is 14.9. The van der Waals surface area contributed by atoms with E-state index < -0.39 is 19.4 Å². The van der Waals surface area contributed by atoms with E-state index in [-0.39, 0.29) is 13.2 Å². The van der Waals surface area contributed by atoms with Crippen LogP contribution in [0.3, 0.4) is 0 Å². The van der Waals surface area contributed by atoms with Crippen LogP contribution in [0.15, 0.2) is 0 Å². The average molecular weight is 467 g/mol. The molecule has 186 valence electrons. The topological polar surface area (TPSA) is 102 Å². The second-order valence-electron chi connectivity index (χ2n) is 8.33. The number of methoxy groups -OCH3 is 1. The third kappa shape index (κ3) is 19.9. The van der Waals surface area contributed by atoms with Crippen molar-refractivity contribution in [1.82, 2.24) is 0 Å². The summed E-state index contributed by atoms with van der Waals surface area (Å²) in [6.07, 6.45) is 20.6. The highest BCUT2D eigenvalue weighted by molar-refractivity contribution is 7.70. The van der Waals surface area contributed by atoms with Crippen molar-refractivity contribution in [2.75, 3.05) is 26.9 Å². The Hall–Kier alpha value is -0.460. The average Bonchev–Trinajstić information content (AvgIpc) is 2.74. The zero-order chi connectivity index (χ0) is 23.2. The fraction of sp³-hybridized carbons (Fsp3) is 0.957. The van der Waals surface area contributed by atoms with Gasteiger partial charge in [0.25, 0.3) is 0 Å². The van der Waals surface area contributed by atoms with Crippen LogP contribution in [-0.4, -0.2) is 48.7 Å². The molecule has 0 radical (unpaired) electrons. The third-order valence-corrected chi connectivity index (χ3v) is 6.44. The molecule has 1 unspecified atom stereocenters. The van der Waals surface area contributed by atoms with E-state index in [4.69, 9.17) is 19.5 Å². The minimum Gasteiger partial charge on any atom is -0.472 e. The minimum atomic E-state index is -4.63. The van der Waals surface area contributed by atoms with Gasteiger partial charge in [-0.2, -0.15) is 0 Å². The van der Waals surface area contributed by atoms with E-state index in [2.05, 4.69) is 11.4 Å². The van der Waals surface area contributed by atoms with Gasteiger partial charge in [-0.1, -0.05) is 103 Å². The van der Waals surface area contributed by atoms with Gasteiger partial charge in [-0.25, -0.2) is 9.36 Å². The smallest absolute Gasteiger partial charge is 0.435 e. The zero-order valence-electron chi connectivity index (χ0n) is 19.9. The standard InChI is InChI=1S/C23H47O7P/c1-3-4-5-6-7-8-9-10-11-12-13-14-15-16-17-18-19-29-20-22(28-2)21-30-31(26,27)23(24)25/h22H,3-21H2,1-2H3,(H,24,25)(H,26,27)/t22-/m1/s1. The van der Waals surface area contributed by atoms with E-state index in [1.807, 2.05) is 0 Å². The van der Waals surface area contributed by atoms with Crippen LogP contribution in [-0.2, 0) is 18.6 Å². The number of unbranched alkanes of at least 4 members (excludes halogenated alkanes) is 15. The summed E-state index contributed by atoms with van der Waals surface area (Å²) in [5.41, 5.74) is -1.86. The predicted octanol–water partition coefficient (Wildman–Crippen LogP) is 7.16. The van der Waals surface area contributed by atoms with Crippen LogP contribution in [0.5, 0.6) is 0 Å². The highest BCUT2D eigenvalue weighted by Gasteiger charge is 2.31. The largest absolute Gasteiger partial charge is 0.472 e. The van der Waals surface area contributed by atoms with Crippen LogP contribution in [0.2, 0.25) is 0 Å². The molecule has 0 aliphatic carbocycles. The van der Waals surface area contributed by atoms with Crippen LogP contribution in [0.25, 0.3) is 0 Å². The lowest BCUT2D eigenvalue weighted by Crippen LogP contribution is -2.24. The Labute approximate surface area is 189 Å². The van der Waals surface area contributed by atoms with Crippen molar-refractivity contribution in [3.05, 3.63) is 0 Å². The molecule has 0 saturated heterocycles. The SMILES string of the molecule is CCCCCCCCCCCCCCCCCCOC[C@H](COP(=O)(O)C(=O)O)OC. The predicted molar refractivity (Wildman–Crippen MR) is 125 cm³/mol. The van der Waals surface area contributed by atoms with Crippen LogP contribution in [0.4, 0.5) is 4.79 Å². The maximum Gasteiger partial charge on any atom is 0.435 e. The summed E-state index contributed by atoms with van der Waals surface area (Å²) >= 11 is 0. The molecule has 7 nitrogen and oxygen atoms in total. The van der Waals surface area contributed by atoms with Crippen molar-refractivity contribution in [2.45, 2.75) is 116 Å². The second kappa shape index (κ2) is 21.4. The molecular weight excluding hydrogens is 419 g/mol. The summed E-state index contributed by atoms with van der Waals surface area (Å²) < 4.78 is 26.3. The first-order valence-electron chi connectivity index (χ1n) is 12.3. The van der Waals surface area contributed by atoms with Crippen LogP contribution in [0.1, 0.15) is 110 Å². The maximum absolute atomic E-state index is 11.2. The molecule has 0 aliphatic rings. The van der Waals surface area contributed by atoms with Gasteiger partial charge in [-0.3, -0.25) is 4.52 Å². The number of hydrogen-bond acceptors (Lipinski definition) is 5. The van der Waals surface area contributed by atoms with Gasteiger partial charge < -0.3 is 19.5 Å². The monoisotopic (exact) mass is 466 g/mol. The van der Waals surface area contributed by atoms with E-state index in [0.717, 1.165) is 12.8 Å². The Balaban J connectivity index is 3.35. The van der Waals surface area contributed by atoms with E-state index in [1.165, 1.54) is 97.0 Å². The van der Waals surface area contributed by atoms with E-state index in [9.17, 15) is 9.36 Å². The van der Waals surface area contributed by atoms with Crippen molar-refractivity contribution >= 4 is 13.3 Å². The first kappa shape index (κ1) is 30.5. The summed E-state index contributed by atoms with van der Waals surface area (Å²) in [7, 11) is -3.20. The highest BCUT2D eigenvalue weighted by atomic mass is 31.2. The van der Waals surface area contributed by atoms with E-state index in [0.29, 0.717) is 6.61 Å². The molecule has 2 N–H and O–H groups in total. The molecule has 0 amide bonds. The van der Waals surface area contributed by atoms with Gasteiger partial charge in [0.15, 0.2) is 0 Å². The van der Waals surface area contributed by atoms with Crippen molar-refractivity contribution < 1.29 is 33.4 Å².